The Hall–Kier alpha value is -1.02. The van der Waals surface area contributed by atoms with Crippen LogP contribution in [0.2, 0.25) is 0 Å². The van der Waals surface area contributed by atoms with Gasteiger partial charge in [-0.3, -0.25) is 0 Å². The highest BCUT2D eigenvalue weighted by molar-refractivity contribution is 7.89. The number of aliphatic hydroxyl groups excluding tert-OH is 1. The Morgan fingerprint density at radius 3 is 2.83 bits per heavy atom. The molecule has 0 bridgehead atoms. The maximum atomic E-state index is 14.1. The highest BCUT2D eigenvalue weighted by Crippen LogP contribution is 2.35. The first kappa shape index (κ1) is 16.8. The summed E-state index contributed by atoms with van der Waals surface area (Å²) in [6, 6.07) is 3.65. The SMILES string of the molecule is Cc1ccc(F)c(S(=O)(=O)N2CCOC[C@@H]2[C@H]2CCC[C@H]2O)c1. The van der Waals surface area contributed by atoms with Crippen LogP contribution < -0.4 is 0 Å². The van der Waals surface area contributed by atoms with Gasteiger partial charge in [-0.25, -0.2) is 12.8 Å². The Balaban J connectivity index is 1.97. The van der Waals surface area contributed by atoms with Crippen LogP contribution in [0.5, 0.6) is 0 Å². The molecule has 1 aromatic rings. The lowest BCUT2D eigenvalue weighted by Crippen LogP contribution is -2.53. The molecule has 23 heavy (non-hydrogen) atoms. The van der Waals surface area contributed by atoms with Crippen LogP contribution in [0.15, 0.2) is 23.1 Å². The third-order valence-electron chi connectivity index (χ3n) is 4.81. The van der Waals surface area contributed by atoms with Gasteiger partial charge in [-0.1, -0.05) is 12.5 Å². The van der Waals surface area contributed by atoms with Gasteiger partial charge in [0.15, 0.2) is 0 Å². The maximum absolute atomic E-state index is 14.1. The second-order valence-electron chi connectivity index (χ2n) is 6.35. The van der Waals surface area contributed by atoms with Crippen molar-refractivity contribution in [2.45, 2.75) is 43.2 Å². The monoisotopic (exact) mass is 343 g/mol. The van der Waals surface area contributed by atoms with Crippen molar-refractivity contribution in [3.63, 3.8) is 0 Å². The van der Waals surface area contributed by atoms with Gasteiger partial charge in [-0.2, -0.15) is 4.31 Å². The van der Waals surface area contributed by atoms with E-state index < -0.39 is 28.0 Å². The second kappa shape index (κ2) is 6.47. The fraction of sp³-hybridized carbons (Fsp3) is 0.625. The van der Waals surface area contributed by atoms with Crippen molar-refractivity contribution in [3.05, 3.63) is 29.6 Å². The zero-order chi connectivity index (χ0) is 16.6. The van der Waals surface area contributed by atoms with E-state index in [2.05, 4.69) is 0 Å². The molecule has 1 aromatic carbocycles. The molecule has 1 saturated heterocycles. The highest BCUT2D eigenvalue weighted by atomic mass is 32.2. The van der Waals surface area contributed by atoms with E-state index in [1.54, 1.807) is 13.0 Å². The first-order valence-corrected chi connectivity index (χ1v) is 9.39. The highest BCUT2D eigenvalue weighted by Gasteiger charge is 2.43. The Labute approximate surface area is 136 Å². The van der Waals surface area contributed by atoms with Crippen LogP contribution in [0.4, 0.5) is 4.39 Å². The van der Waals surface area contributed by atoms with E-state index in [1.165, 1.54) is 16.4 Å². The number of aliphatic hydroxyl groups is 1. The van der Waals surface area contributed by atoms with Crippen molar-refractivity contribution in [2.24, 2.45) is 5.92 Å². The van der Waals surface area contributed by atoms with Crippen molar-refractivity contribution in [3.8, 4) is 0 Å². The van der Waals surface area contributed by atoms with Crippen LogP contribution in [0.3, 0.4) is 0 Å². The summed E-state index contributed by atoms with van der Waals surface area (Å²) in [5.41, 5.74) is 0.690. The minimum Gasteiger partial charge on any atom is -0.393 e. The van der Waals surface area contributed by atoms with Gasteiger partial charge in [0.2, 0.25) is 10.0 Å². The van der Waals surface area contributed by atoms with Crippen LogP contribution in [-0.2, 0) is 14.8 Å². The Kier molecular flexibility index (Phi) is 4.73. The fourth-order valence-electron chi connectivity index (χ4n) is 3.60. The van der Waals surface area contributed by atoms with Gasteiger partial charge in [0.1, 0.15) is 10.7 Å². The lowest BCUT2D eigenvalue weighted by atomic mass is 9.96. The summed E-state index contributed by atoms with van der Waals surface area (Å²) in [5.74, 6) is -0.897. The molecule has 1 heterocycles. The number of rotatable bonds is 3. The molecule has 1 aliphatic carbocycles. The second-order valence-corrected chi connectivity index (χ2v) is 8.21. The third kappa shape index (κ3) is 3.15. The van der Waals surface area contributed by atoms with Gasteiger partial charge >= 0.3 is 0 Å². The van der Waals surface area contributed by atoms with Crippen LogP contribution in [0.1, 0.15) is 24.8 Å². The number of hydrogen-bond donors (Lipinski definition) is 1. The first-order chi connectivity index (χ1) is 10.9. The molecule has 0 amide bonds. The third-order valence-corrected chi connectivity index (χ3v) is 6.75. The quantitative estimate of drug-likeness (QED) is 0.907. The molecule has 7 heteroatoms. The molecule has 0 aromatic heterocycles. The van der Waals surface area contributed by atoms with Crippen LogP contribution >= 0.6 is 0 Å². The maximum Gasteiger partial charge on any atom is 0.246 e. The van der Waals surface area contributed by atoms with Gasteiger partial charge in [-0.15, -0.1) is 0 Å². The molecule has 2 fully saturated rings. The van der Waals surface area contributed by atoms with Crippen LogP contribution in [0.25, 0.3) is 0 Å². The summed E-state index contributed by atoms with van der Waals surface area (Å²) in [4.78, 5) is -0.295. The summed E-state index contributed by atoms with van der Waals surface area (Å²) < 4.78 is 46.9. The van der Waals surface area contributed by atoms with Crippen molar-refractivity contribution in [2.75, 3.05) is 19.8 Å². The van der Waals surface area contributed by atoms with Crippen molar-refractivity contribution in [1.82, 2.24) is 4.31 Å². The molecule has 5 nitrogen and oxygen atoms in total. The van der Waals surface area contributed by atoms with Gasteiger partial charge < -0.3 is 9.84 Å². The average molecular weight is 343 g/mol. The van der Waals surface area contributed by atoms with Gasteiger partial charge in [-0.05, 0) is 37.5 Å². The topological polar surface area (TPSA) is 66.8 Å². The van der Waals surface area contributed by atoms with Crippen molar-refractivity contribution < 1.29 is 22.7 Å². The number of aryl methyl sites for hydroxylation is 1. The molecule has 0 radical (unpaired) electrons. The molecule has 3 atom stereocenters. The molecule has 1 saturated carbocycles. The molecule has 1 aliphatic heterocycles. The van der Waals surface area contributed by atoms with Gasteiger partial charge in [0.05, 0.1) is 25.4 Å². The summed E-state index contributed by atoms with van der Waals surface area (Å²) in [7, 11) is -3.96. The molecular formula is C16H22FNO4S. The molecule has 1 N–H and O–H groups in total. The van der Waals surface area contributed by atoms with Gasteiger partial charge in [0.25, 0.3) is 0 Å². The molecule has 0 spiro atoms. The number of nitrogens with zero attached hydrogens (tertiary/aromatic N) is 1. The minimum atomic E-state index is -3.96. The molecule has 3 rings (SSSR count). The lowest BCUT2D eigenvalue weighted by Gasteiger charge is -2.39. The summed E-state index contributed by atoms with van der Waals surface area (Å²) in [6.07, 6.45) is 1.78. The number of hydrogen-bond acceptors (Lipinski definition) is 4. The minimum absolute atomic E-state index is 0.155. The smallest absolute Gasteiger partial charge is 0.246 e. The van der Waals surface area contributed by atoms with Gasteiger partial charge in [0, 0.05) is 12.5 Å². The number of sulfonamides is 1. The van der Waals surface area contributed by atoms with E-state index in [-0.39, 0.29) is 30.6 Å². The molecule has 2 aliphatic rings. The summed E-state index contributed by atoms with van der Waals surface area (Å²) >= 11 is 0. The Morgan fingerprint density at radius 1 is 1.35 bits per heavy atom. The van der Waals surface area contributed by atoms with E-state index in [0.29, 0.717) is 12.0 Å². The standard InChI is InChI=1S/C16H22FNO4S/c1-11-5-6-13(17)16(9-11)23(20,21)18-7-8-22-10-14(18)12-3-2-4-15(12)19/h5-6,9,12,14-15,19H,2-4,7-8,10H2,1H3/t12-,14-,15-/m1/s1. The largest absolute Gasteiger partial charge is 0.393 e. The van der Waals surface area contributed by atoms with Crippen molar-refractivity contribution in [1.29, 1.82) is 0 Å². The predicted octanol–water partition coefficient (Wildman–Crippen LogP) is 1.68. The number of ether oxygens (including phenoxy) is 1. The summed E-state index contributed by atoms with van der Waals surface area (Å²) in [5, 5.41) is 10.1. The Bertz CT molecular complexity index is 679. The van der Waals surface area contributed by atoms with E-state index in [0.717, 1.165) is 12.8 Å². The zero-order valence-electron chi connectivity index (χ0n) is 13.1. The van der Waals surface area contributed by atoms with E-state index in [4.69, 9.17) is 4.74 Å². The predicted molar refractivity (Wildman–Crippen MR) is 83.0 cm³/mol. The number of halogens is 1. The molecule has 0 unspecified atom stereocenters. The molecule has 128 valence electrons. The first-order valence-electron chi connectivity index (χ1n) is 7.95. The van der Waals surface area contributed by atoms with Crippen LogP contribution in [-0.4, -0.2) is 49.7 Å². The molecular weight excluding hydrogens is 321 g/mol. The average Bonchev–Trinajstić information content (AvgIpc) is 2.95. The van der Waals surface area contributed by atoms with Crippen LogP contribution in [0, 0.1) is 18.7 Å². The van der Waals surface area contributed by atoms with E-state index >= 15 is 0 Å². The zero-order valence-corrected chi connectivity index (χ0v) is 13.9. The lowest BCUT2D eigenvalue weighted by molar-refractivity contribution is -0.0148. The number of morpholine rings is 1. The number of benzene rings is 1. The summed E-state index contributed by atoms with van der Waals surface area (Å²) in [6.45, 7) is 2.44. The van der Waals surface area contributed by atoms with E-state index in [9.17, 15) is 17.9 Å². The van der Waals surface area contributed by atoms with E-state index in [1.807, 2.05) is 0 Å². The van der Waals surface area contributed by atoms with Crippen molar-refractivity contribution >= 4 is 10.0 Å². The fourth-order valence-corrected chi connectivity index (χ4v) is 5.39. The Morgan fingerprint density at radius 2 is 2.13 bits per heavy atom. The normalized spacial score (nSPS) is 29.8.